The number of anilines is 1. The molecule has 0 aromatic heterocycles. The molecule has 0 atom stereocenters. The molecule has 2 N–H and O–H groups in total. The van der Waals surface area contributed by atoms with Gasteiger partial charge in [0, 0.05) is 18.2 Å². The first-order valence-electron chi connectivity index (χ1n) is 8.69. The Hall–Kier alpha value is -3.13. The topological polar surface area (TPSA) is 54.9 Å². The Morgan fingerprint density at radius 1 is 1.15 bits per heavy atom. The van der Waals surface area contributed by atoms with E-state index in [0.29, 0.717) is 32.3 Å². The maximum absolute atomic E-state index is 5.74. The number of aliphatic imine (C=N–C) groups is 1. The fourth-order valence-electron chi connectivity index (χ4n) is 2.60. The van der Waals surface area contributed by atoms with Crippen molar-refractivity contribution in [2.45, 2.75) is 19.9 Å². The maximum atomic E-state index is 5.74. The number of aryl methyl sites for hydroxylation is 1. The minimum atomic E-state index is 0.393. The number of rotatable bonds is 4. The standard InChI is InChI=1S/C21H23N3O2/c1-3-11-22-21(23-15-17-8-5-4-7-16(17)2)24-18-9-10-19-20(14-18)26-13-6-12-25-19/h1,4-5,7-10,14H,6,11-13,15H2,2H3,(H2,22,23,24). The van der Waals surface area contributed by atoms with Gasteiger partial charge >= 0.3 is 0 Å². The Morgan fingerprint density at radius 3 is 2.77 bits per heavy atom. The molecule has 1 aliphatic heterocycles. The molecule has 0 fully saturated rings. The number of ether oxygens (including phenoxy) is 2. The Bertz CT molecular complexity index is 824. The number of terminal acetylenes is 1. The van der Waals surface area contributed by atoms with Gasteiger partial charge in [-0.15, -0.1) is 6.42 Å². The zero-order valence-electron chi connectivity index (χ0n) is 14.9. The summed E-state index contributed by atoms with van der Waals surface area (Å²) < 4.78 is 11.4. The van der Waals surface area contributed by atoms with Crippen molar-refractivity contribution in [3.63, 3.8) is 0 Å². The van der Waals surface area contributed by atoms with Gasteiger partial charge in [0.05, 0.1) is 26.3 Å². The summed E-state index contributed by atoms with van der Waals surface area (Å²) in [6, 6.07) is 14.0. The largest absolute Gasteiger partial charge is 0.490 e. The Kier molecular flexibility index (Phi) is 6.00. The van der Waals surface area contributed by atoms with Gasteiger partial charge in [-0.25, -0.2) is 4.99 Å². The molecule has 0 unspecified atom stereocenters. The van der Waals surface area contributed by atoms with E-state index in [4.69, 9.17) is 15.9 Å². The van der Waals surface area contributed by atoms with Gasteiger partial charge in [-0.1, -0.05) is 30.2 Å². The Morgan fingerprint density at radius 2 is 1.96 bits per heavy atom. The molecule has 2 aromatic carbocycles. The molecule has 5 heteroatoms. The molecular formula is C21H23N3O2. The smallest absolute Gasteiger partial charge is 0.196 e. The lowest BCUT2D eigenvalue weighted by Crippen LogP contribution is -2.31. The lowest BCUT2D eigenvalue weighted by molar-refractivity contribution is 0.297. The van der Waals surface area contributed by atoms with Crippen molar-refractivity contribution in [2.75, 3.05) is 25.1 Å². The third-order valence-corrected chi connectivity index (χ3v) is 4.04. The average Bonchev–Trinajstić information content (AvgIpc) is 2.90. The van der Waals surface area contributed by atoms with E-state index in [1.807, 2.05) is 30.3 Å². The first-order chi connectivity index (χ1) is 12.8. The van der Waals surface area contributed by atoms with Gasteiger partial charge in [-0.2, -0.15) is 0 Å². The van der Waals surface area contributed by atoms with E-state index in [9.17, 15) is 0 Å². The van der Waals surface area contributed by atoms with Gasteiger partial charge in [-0.05, 0) is 30.2 Å². The van der Waals surface area contributed by atoms with Crippen LogP contribution in [0.3, 0.4) is 0 Å². The molecule has 26 heavy (non-hydrogen) atoms. The summed E-state index contributed by atoms with van der Waals surface area (Å²) in [5, 5.41) is 6.41. The van der Waals surface area contributed by atoms with Crippen LogP contribution in [0, 0.1) is 19.3 Å². The average molecular weight is 349 g/mol. The van der Waals surface area contributed by atoms with Gasteiger partial charge in [0.2, 0.25) is 0 Å². The molecule has 0 saturated heterocycles. The van der Waals surface area contributed by atoms with Crippen LogP contribution in [0.15, 0.2) is 47.5 Å². The van der Waals surface area contributed by atoms with E-state index in [1.54, 1.807) is 0 Å². The number of hydrogen-bond donors (Lipinski definition) is 2. The summed E-state index contributed by atoms with van der Waals surface area (Å²) in [5.74, 6) is 4.71. The molecule has 0 saturated carbocycles. The fourth-order valence-corrected chi connectivity index (χ4v) is 2.60. The molecule has 0 amide bonds. The van der Waals surface area contributed by atoms with Crippen LogP contribution in [0.25, 0.3) is 0 Å². The fraction of sp³-hybridized carbons (Fsp3) is 0.286. The molecule has 2 aromatic rings. The molecule has 1 heterocycles. The quantitative estimate of drug-likeness (QED) is 0.505. The number of nitrogens with one attached hydrogen (secondary N) is 2. The summed E-state index contributed by atoms with van der Waals surface area (Å²) >= 11 is 0. The van der Waals surface area contributed by atoms with Crippen LogP contribution < -0.4 is 20.1 Å². The highest BCUT2D eigenvalue weighted by Gasteiger charge is 2.11. The summed E-state index contributed by atoms with van der Waals surface area (Å²) in [6.45, 7) is 4.37. The van der Waals surface area contributed by atoms with Crippen molar-refractivity contribution in [2.24, 2.45) is 4.99 Å². The van der Waals surface area contributed by atoms with Crippen LogP contribution in [0.1, 0.15) is 17.5 Å². The van der Waals surface area contributed by atoms with Gasteiger partial charge in [0.1, 0.15) is 0 Å². The summed E-state index contributed by atoms with van der Waals surface area (Å²) in [4.78, 5) is 4.64. The van der Waals surface area contributed by atoms with Gasteiger partial charge in [0.15, 0.2) is 17.5 Å². The highest BCUT2D eigenvalue weighted by Crippen LogP contribution is 2.32. The van der Waals surface area contributed by atoms with E-state index >= 15 is 0 Å². The van der Waals surface area contributed by atoms with E-state index in [-0.39, 0.29) is 0 Å². The van der Waals surface area contributed by atoms with E-state index in [0.717, 1.165) is 23.6 Å². The van der Waals surface area contributed by atoms with Crippen LogP contribution >= 0.6 is 0 Å². The van der Waals surface area contributed by atoms with Crippen molar-refractivity contribution in [1.29, 1.82) is 0 Å². The number of nitrogens with zero attached hydrogens (tertiary/aromatic N) is 1. The van der Waals surface area contributed by atoms with Gasteiger partial charge in [-0.3, -0.25) is 0 Å². The molecular weight excluding hydrogens is 326 g/mol. The second-order valence-corrected chi connectivity index (χ2v) is 5.99. The molecule has 3 rings (SSSR count). The maximum Gasteiger partial charge on any atom is 0.196 e. The molecule has 1 aliphatic rings. The third-order valence-electron chi connectivity index (χ3n) is 4.04. The van der Waals surface area contributed by atoms with Crippen LogP contribution in [0.4, 0.5) is 5.69 Å². The summed E-state index contributed by atoms with van der Waals surface area (Å²) in [7, 11) is 0. The molecule has 0 bridgehead atoms. The second kappa shape index (κ2) is 8.82. The first-order valence-corrected chi connectivity index (χ1v) is 8.69. The predicted molar refractivity (Wildman–Crippen MR) is 105 cm³/mol. The molecule has 5 nitrogen and oxygen atoms in total. The van der Waals surface area contributed by atoms with E-state index < -0.39 is 0 Å². The van der Waals surface area contributed by atoms with Gasteiger partial charge < -0.3 is 20.1 Å². The van der Waals surface area contributed by atoms with Gasteiger partial charge in [0.25, 0.3) is 0 Å². The number of benzene rings is 2. The van der Waals surface area contributed by atoms with E-state index in [1.165, 1.54) is 11.1 Å². The zero-order chi connectivity index (χ0) is 18.2. The van der Waals surface area contributed by atoms with Crippen LogP contribution in [0.5, 0.6) is 11.5 Å². The molecule has 0 aliphatic carbocycles. The lowest BCUT2D eigenvalue weighted by Gasteiger charge is -2.14. The van der Waals surface area contributed by atoms with Crippen LogP contribution in [-0.2, 0) is 6.54 Å². The lowest BCUT2D eigenvalue weighted by atomic mass is 10.1. The van der Waals surface area contributed by atoms with Crippen molar-refractivity contribution in [3.05, 3.63) is 53.6 Å². The molecule has 0 radical (unpaired) electrons. The second-order valence-electron chi connectivity index (χ2n) is 5.99. The predicted octanol–water partition coefficient (Wildman–Crippen LogP) is 3.35. The Labute approximate surface area is 154 Å². The molecule has 0 spiro atoms. The summed E-state index contributed by atoms with van der Waals surface area (Å²) in [5.41, 5.74) is 3.25. The number of guanidine groups is 1. The molecule has 134 valence electrons. The van der Waals surface area contributed by atoms with Crippen LogP contribution in [0.2, 0.25) is 0 Å². The van der Waals surface area contributed by atoms with Crippen LogP contribution in [-0.4, -0.2) is 25.7 Å². The SMILES string of the molecule is C#CCNC(=NCc1ccccc1C)Nc1ccc2c(c1)OCCCO2. The minimum absolute atomic E-state index is 0.393. The Balaban J connectivity index is 1.76. The number of hydrogen-bond acceptors (Lipinski definition) is 3. The van der Waals surface area contributed by atoms with Crippen molar-refractivity contribution < 1.29 is 9.47 Å². The van der Waals surface area contributed by atoms with E-state index in [2.05, 4.69) is 40.6 Å². The third kappa shape index (κ3) is 4.70. The highest BCUT2D eigenvalue weighted by molar-refractivity contribution is 5.94. The van der Waals surface area contributed by atoms with Crippen molar-refractivity contribution in [3.8, 4) is 23.8 Å². The normalized spacial score (nSPS) is 13.5. The highest BCUT2D eigenvalue weighted by atomic mass is 16.5. The van der Waals surface area contributed by atoms with Crippen molar-refractivity contribution in [1.82, 2.24) is 5.32 Å². The first kappa shape index (κ1) is 17.7. The zero-order valence-corrected chi connectivity index (χ0v) is 14.9. The monoisotopic (exact) mass is 349 g/mol. The minimum Gasteiger partial charge on any atom is -0.490 e. The van der Waals surface area contributed by atoms with Crippen molar-refractivity contribution >= 4 is 11.6 Å². The number of fused-ring (bicyclic) bond motifs is 1. The summed E-state index contributed by atoms with van der Waals surface area (Å²) in [6.07, 6.45) is 6.26.